The number of nitrogens with one attached hydrogen (secondary N) is 1. The number of carbonyl (C=O) groups is 1. The predicted octanol–water partition coefficient (Wildman–Crippen LogP) is 3.75. The number of amides is 1. The van der Waals surface area contributed by atoms with Crippen LogP contribution in [0.4, 0.5) is 5.69 Å². The highest BCUT2D eigenvalue weighted by atomic mass is 35.5. The minimum atomic E-state index is -0.573. The van der Waals surface area contributed by atoms with Crippen LogP contribution in [-0.2, 0) is 24.3 Å². The Bertz CT molecular complexity index is 1410. The molecule has 4 rings (SSSR count). The van der Waals surface area contributed by atoms with E-state index in [0.717, 1.165) is 10.1 Å². The van der Waals surface area contributed by atoms with Gasteiger partial charge in [-0.25, -0.2) is 9.78 Å². The molecule has 0 spiro atoms. The third-order valence-corrected chi connectivity index (χ3v) is 5.70. The SMILES string of the molecule is O=C(Cn1c(=O)n(CCc2ccccc2)c(=O)c2ncccc21)Nc1ccc(Cl)c(Cl)c1. The van der Waals surface area contributed by atoms with Crippen LogP contribution in [0.15, 0.2) is 76.4 Å². The molecule has 0 radical (unpaired) electrons. The molecule has 0 aliphatic heterocycles. The number of benzene rings is 2. The van der Waals surface area contributed by atoms with Crippen molar-refractivity contribution in [1.82, 2.24) is 14.1 Å². The van der Waals surface area contributed by atoms with Gasteiger partial charge in [0.2, 0.25) is 5.91 Å². The van der Waals surface area contributed by atoms with Crippen LogP contribution < -0.4 is 16.6 Å². The number of carbonyl (C=O) groups excluding carboxylic acids is 1. The number of aryl methyl sites for hydroxylation is 1. The molecule has 0 atom stereocenters. The highest BCUT2D eigenvalue weighted by Crippen LogP contribution is 2.25. The molecule has 2 heterocycles. The minimum absolute atomic E-state index is 0.127. The quantitative estimate of drug-likeness (QED) is 0.466. The summed E-state index contributed by atoms with van der Waals surface area (Å²) in [5, 5.41) is 3.35. The van der Waals surface area contributed by atoms with E-state index >= 15 is 0 Å². The second-order valence-electron chi connectivity index (χ2n) is 7.11. The molecule has 0 fully saturated rings. The summed E-state index contributed by atoms with van der Waals surface area (Å²) in [6, 6.07) is 17.4. The summed E-state index contributed by atoms with van der Waals surface area (Å²) in [5.41, 5.74) is 0.796. The first-order valence-electron chi connectivity index (χ1n) is 9.81. The molecule has 9 heteroatoms. The lowest BCUT2D eigenvalue weighted by Crippen LogP contribution is -2.42. The van der Waals surface area contributed by atoms with Crippen molar-refractivity contribution >= 4 is 45.8 Å². The van der Waals surface area contributed by atoms with E-state index in [0.29, 0.717) is 27.7 Å². The van der Waals surface area contributed by atoms with Gasteiger partial charge in [0.25, 0.3) is 5.56 Å². The van der Waals surface area contributed by atoms with Crippen molar-refractivity contribution in [1.29, 1.82) is 0 Å². The second kappa shape index (κ2) is 9.38. The van der Waals surface area contributed by atoms with E-state index in [2.05, 4.69) is 10.3 Å². The van der Waals surface area contributed by atoms with Gasteiger partial charge in [0, 0.05) is 18.4 Å². The standard InChI is InChI=1S/C23H18Cl2N4O3/c24-17-9-8-16(13-18(17)25)27-20(30)14-29-19-7-4-11-26-21(19)22(31)28(23(29)32)12-10-15-5-2-1-3-6-15/h1-9,11,13H,10,12,14H2,(H,27,30). The summed E-state index contributed by atoms with van der Waals surface area (Å²) in [4.78, 5) is 43.0. The maximum atomic E-state index is 13.2. The molecule has 0 unspecified atom stereocenters. The largest absolute Gasteiger partial charge is 0.332 e. The Balaban J connectivity index is 1.68. The summed E-state index contributed by atoms with van der Waals surface area (Å²) in [6.45, 7) is -0.129. The predicted molar refractivity (Wildman–Crippen MR) is 126 cm³/mol. The Morgan fingerprint density at radius 2 is 1.72 bits per heavy atom. The molecule has 2 aromatic heterocycles. The van der Waals surface area contributed by atoms with Crippen molar-refractivity contribution in [2.45, 2.75) is 19.5 Å². The lowest BCUT2D eigenvalue weighted by Gasteiger charge is -2.14. The van der Waals surface area contributed by atoms with Gasteiger partial charge in [-0.3, -0.25) is 18.7 Å². The number of nitrogens with zero attached hydrogens (tertiary/aromatic N) is 3. The molecular weight excluding hydrogens is 451 g/mol. The van der Waals surface area contributed by atoms with E-state index in [1.54, 1.807) is 24.3 Å². The Kier molecular flexibility index (Phi) is 6.39. The maximum Gasteiger partial charge on any atom is 0.332 e. The topological polar surface area (TPSA) is 86.0 Å². The number of fused-ring (bicyclic) bond motifs is 1. The second-order valence-corrected chi connectivity index (χ2v) is 7.92. The van der Waals surface area contributed by atoms with E-state index in [9.17, 15) is 14.4 Å². The van der Waals surface area contributed by atoms with Crippen LogP contribution in [0.5, 0.6) is 0 Å². The lowest BCUT2D eigenvalue weighted by molar-refractivity contribution is -0.116. The van der Waals surface area contributed by atoms with Crippen LogP contribution in [0.25, 0.3) is 11.0 Å². The zero-order valence-electron chi connectivity index (χ0n) is 16.8. The van der Waals surface area contributed by atoms with Gasteiger partial charge in [-0.15, -0.1) is 0 Å². The van der Waals surface area contributed by atoms with Gasteiger partial charge in [-0.05, 0) is 42.3 Å². The molecule has 1 N–H and O–H groups in total. The molecule has 32 heavy (non-hydrogen) atoms. The number of aromatic nitrogens is 3. The number of halogens is 2. The number of anilines is 1. The Morgan fingerprint density at radius 1 is 0.938 bits per heavy atom. The van der Waals surface area contributed by atoms with E-state index < -0.39 is 17.2 Å². The van der Waals surface area contributed by atoms with Crippen LogP contribution >= 0.6 is 23.2 Å². The molecule has 1 amide bonds. The van der Waals surface area contributed by atoms with Crippen LogP contribution in [0.2, 0.25) is 10.0 Å². The maximum absolute atomic E-state index is 13.2. The molecule has 0 aliphatic rings. The number of hydrogen-bond donors (Lipinski definition) is 1. The fraction of sp³-hybridized carbons (Fsp3) is 0.130. The fourth-order valence-corrected chi connectivity index (χ4v) is 3.69. The minimum Gasteiger partial charge on any atom is -0.324 e. The fourth-order valence-electron chi connectivity index (χ4n) is 3.40. The monoisotopic (exact) mass is 468 g/mol. The first kappa shape index (κ1) is 21.8. The third kappa shape index (κ3) is 4.59. The number of hydrogen-bond acceptors (Lipinski definition) is 4. The zero-order valence-corrected chi connectivity index (χ0v) is 18.3. The van der Waals surface area contributed by atoms with Crippen molar-refractivity contribution in [3.8, 4) is 0 Å². The van der Waals surface area contributed by atoms with Gasteiger partial charge >= 0.3 is 5.69 Å². The van der Waals surface area contributed by atoms with Crippen molar-refractivity contribution < 1.29 is 4.79 Å². The molecule has 0 bridgehead atoms. The van der Waals surface area contributed by atoms with Crippen LogP contribution in [-0.4, -0.2) is 20.0 Å². The molecule has 7 nitrogen and oxygen atoms in total. The summed E-state index contributed by atoms with van der Waals surface area (Å²) < 4.78 is 2.37. The van der Waals surface area contributed by atoms with Gasteiger partial charge < -0.3 is 5.32 Å². The highest BCUT2D eigenvalue weighted by Gasteiger charge is 2.16. The molecule has 0 saturated heterocycles. The van der Waals surface area contributed by atoms with Crippen molar-refractivity contribution in [3.05, 3.63) is 103 Å². The molecule has 162 valence electrons. The molecule has 0 aliphatic carbocycles. The van der Waals surface area contributed by atoms with Crippen LogP contribution in [0.3, 0.4) is 0 Å². The van der Waals surface area contributed by atoms with E-state index in [4.69, 9.17) is 23.2 Å². The first-order chi connectivity index (χ1) is 15.4. The Hall–Kier alpha value is -3.42. The summed E-state index contributed by atoms with van der Waals surface area (Å²) >= 11 is 11.9. The van der Waals surface area contributed by atoms with Gasteiger partial charge in [-0.1, -0.05) is 53.5 Å². The van der Waals surface area contributed by atoms with E-state index in [-0.39, 0.29) is 18.6 Å². The first-order valence-corrected chi connectivity index (χ1v) is 10.6. The Labute approximate surface area is 192 Å². The van der Waals surface area contributed by atoms with E-state index in [1.165, 1.54) is 16.8 Å². The van der Waals surface area contributed by atoms with Crippen molar-refractivity contribution in [2.75, 3.05) is 5.32 Å². The van der Waals surface area contributed by atoms with Gasteiger partial charge in [0.15, 0.2) is 5.52 Å². The molecule has 4 aromatic rings. The van der Waals surface area contributed by atoms with Crippen LogP contribution in [0, 0.1) is 0 Å². The average molecular weight is 469 g/mol. The molecule has 0 saturated carbocycles. The number of rotatable bonds is 6. The summed E-state index contributed by atoms with van der Waals surface area (Å²) in [7, 11) is 0. The lowest BCUT2D eigenvalue weighted by atomic mass is 10.1. The van der Waals surface area contributed by atoms with Gasteiger partial charge in [0.1, 0.15) is 6.54 Å². The normalized spacial score (nSPS) is 10.9. The zero-order chi connectivity index (χ0) is 22.7. The van der Waals surface area contributed by atoms with Crippen molar-refractivity contribution in [2.24, 2.45) is 0 Å². The van der Waals surface area contributed by atoms with Crippen molar-refractivity contribution in [3.63, 3.8) is 0 Å². The van der Waals surface area contributed by atoms with Crippen LogP contribution in [0.1, 0.15) is 5.56 Å². The van der Waals surface area contributed by atoms with Gasteiger partial charge in [-0.2, -0.15) is 0 Å². The third-order valence-electron chi connectivity index (χ3n) is 4.96. The highest BCUT2D eigenvalue weighted by molar-refractivity contribution is 6.42. The summed E-state index contributed by atoms with van der Waals surface area (Å²) in [6.07, 6.45) is 1.97. The molecule has 2 aromatic carbocycles. The Morgan fingerprint density at radius 3 is 2.47 bits per heavy atom. The smallest absolute Gasteiger partial charge is 0.324 e. The average Bonchev–Trinajstić information content (AvgIpc) is 2.80. The molecular formula is C23H18Cl2N4O3. The van der Waals surface area contributed by atoms with Gasteiger partial charge in [0.05, 0.1) is 15.6 Å². The van der Waals surface area contributed by atoms with E-state index in [1.807, 2.05) is 30.3 Å². The number of pyridine rings is 1. The summed E-state index contributed by atoms with van der Waals surface area (Å²) in [5.74, 6) is -0.455.